The summed E-state index contributed by atoms with van der Waals surface area (Å²) in [5.41, 5.74) is 4.72. The van der Waals surface area contributed by atoms with Gasteiger partial charge in [0.15, 0.2) is 0 Å². The van der Waals surface area contributed by atoms with E-state index in [2.05, 4.69) is 24.3 Å². The van der Waals surface area contributed by atoms with Crippen molar-refractivity contribution in [3.63, 3.8) is 0 Å². The van der Waals surface area contributed by atoms with E-state index >= 15 is 0 Å². The average molecular weight is 400 g/mol. The number of nitrogens with zero attached hydrogens (tertiary/aromatic N) is 4. The Balaban J connectivity index is 1.77. The third-order valence-corrected chi connectivity index (χ3v) is 6.98. The van der Waals surface area contributed by atoms with Crippen molar-refractivity contribution in [2.24, 2.45) is 0 Å². The summed E-state index contributed by atoms with van der Waals surface area (Å²) < 4.78 is 3.84. The molecule has 0 spiro atoms. The van der Waals surface area contributed by atoms with Gasteiger partial charge < -0.3 is 5.32 Å². The zero-order chi connectivity index (χ0) is 20.0. The van der Waals surface area contributed by atoms with Crippen molar-refractivity contribution in [1.29, 1.82) is 0 Å². The number of hydrogen-bond donors (Lipinski definition) is 1. The minimum Gasteiger partial charge on any atom is -0.351 e. The van der Waals surface area contributed by atoms with Gasteiger partial charge in [-0.1, -0.05) is 0 Å². The lowest BCUT2D eigenvalue weighted by atomic mass is 9.97. The molecule has 1 aliphatic carbocycles. The monoisotopic (exact) mass is 399 g/mol. The fourth-order valence-electron chi connectivity index (χ4n) is 4.29. The van der Waals surface area contributed by atoms with Gasteiger partial charge in [0.05, 0.1) is 11.1 Å². The highest BCUT2D eigenvalue weighted by Crippen LogP contribution is 2.34. The van der Waals surface area contributed by atoms with E-state index in [9.17, 15) is 4.79 Å². The summed E-state index contributed by atoms with van der Waals surface area (Å²) in [4.78, 5) is 20.5. The van der Waals surface area contributed by atoms with Crippen molar-refractivity contribution in [2.75, 3.05) is 5.32 Å². The first-order chi connectivity index (χ1) is 13.4. The first kappa shape index (κ1) is 19.2. The maximum absolute atomic E-state index is 13.4. The Kier molecular flexibility index (Phi) is 5.04. The summed E-state index contributed by atoms with van der Waals surface area (Å²) in [7, 11) is 0. The molecule has 6 nitrogen and oxygen atoms in total. The summed E-state index contributed by atoms with van der Waals surface area (Å²) in [5.74, 6) is 0.661. The second kappa shape index (κ2) is 7.35. The van der Waals surface area contributed by atoms with Crippen molar-refractivity contribution in [3.05, 3.63) is 37.7 Å². The number of fused-ring (bicyclic) bond motifs is 3. The first-order valence-corrected chi connectivity index (χ1v) is 11.1. The van der Waals surface area contributed by atoms with E-state index in [1.807, 2.05) is 30.0 Å². The van der Waals surface area contributed by atoms with Crippen LogP contribution < -0.4 is 10.9 Å². The van der Waals surface area contributed by atoms with E-state index < -0.39 is 0 Å². The lowest BCUT2D eigenvalue weighted by Gasteiger charge is -2.17. The topological polar surface area (TPSA) is 64.7 Å². The van der Waals surface area contributed by atoms with Crippen molar-refractivity contribution in [1.82, 2.24) is 19.3 Å². The molecule has 3 aromatic heterocycles. The molecule has 150 valence electrons. The molecule has 0 aromatic carbocycles. The van der Waals surface area contributed by atoms with Gasteiger partial charge in [0.25, 0.3) is 5.56 Å². The quantitative estimate of drug-likeness (QED) is 0.692. The van der Waals surface area contributed by atoms with Gasteiger partial charge in [-0.05, 0) is 65.9 Å². The van der Waals surface area contributed by atoms with E-state index in [-0.39, 0.29) is 11.6 Å². The van der Waals surface area contributed by atoms with Gasteiger partial charge in [0.2, 0.25) is 5.95 Å². The second-order valence-electron chi connectivity index (χ2n) is 7.91. The summed E-state index contributed by atoms with van der Waals surface area (Å²) >= 11 is 1.70. The molecule has 1 aliphatic rings. The Bertz CT molecular complexity index is 1090. The second-order valence-corrected chi connectivity index (χ2v) is 9.00. The summed E-state index contributed by atoms with van der Waals surface area (Å²) in [6.07, 6.45) is 4.46. The highest BCUT2D eigenvalue weighted by molar-refractivity contribution is 7.18. The van der Waals surface area contributed by atoms with Crippen LogP contribution in [0.1, 0.15) is 67.0 Å². The van der Waals surface area contributed by atoms with Crippen molar-refractivity contribution < 1.29 is 0 Å². The molecular formula is C21H29N5OS. The molecule has 0 radical (unpaired) electrons. The van der Waals surface area contributed by atoms with Crippen LogP contribution in [0, 0.1) is 13.8 Å². The molecule has 3 aromatic rings. The van der Waals surface area contributed by atoms with Gasteiger partial charge in [0.1, 0.15) is 4.83 Å². The fraction of sp³-hybridized carbons (Fsp3) is 0.571. The molecule has 7 heteroatoms. The largest absolute Gasteiger partial charge is 0.351 e. The maximum atomic E-state index is 13.4. The zero-order valence-electron chi connectivity index (χ0n) is 17.4. The number of thiophene rings is 1. The van der Waals surface area contributed by atoms with Gasteiger partial charge >= 0.3 is 0 Å². The number of rotatable bonds is 5. The number of aromatic nitrogens is 4. The Labute approximate surface area is 169 Å². The van der Waals surface area contributed by atoms with Crippen molar-refractivity contribution in [3.8, 4) is 0 Å². The molecule has 0 saturated heterocycles. The molecule has 0 bridgehead atoms. The van der Waals surface area contributed by atoms with Gasteiger partial charge in [-0.3, -0.25) is 14.0 Å². The highest BCUT2D eigenvalue weighted by atomic mass is 32.1. The molecule has 0 unspecified atom stereocenters. The SMILES string of the molecule is CCn1nc(C)c(CNc2nc3sc4c(c3c(=O)n2C(C)C)CCCC4)c1C. The van der Waals surface area contributed by atoms with Crippen LogP contribution in [0.15, 0.2) is 4.79 Å². The average Bonchev–Trinajstić information content (AvgIpc) is 3.16. The Morgan fingerprint density at radius 2 is 1.96 bits per heavy atom. The van der Waals surface area contributed by atoms with Crippen LogP contribution in [0.25, 0.3) is 10.2 Å². The van der Waals surface area contributed by atoms with Crippen LogP contribution in [0.4, 0.5) is 5.95 Å². The van der Waals surface area contributed by atoms with Gasteiger partial charge in [0, 0.05) is 35.3 Å². The Hall–Kier alpha value is -2.15. The summed E-state index contributed by atoms with van der Waals surface area (Å²) in [6, 6.07) is 0.0478. The van der Waals surface area contributed by atoms with Crippen molar-refractivity contribution in [2.45, 2.75) is 79.4 Å². The molecule has 0 atom stereocenters. The van der Waals surface area contributed by atoms with E-state index in [1.165, 1.54) is 34.5 Å². The first-order valence-electron chi connectivity index (χ1n) is 10.3. The maximum Gasteiger partial charge on any atom is 0.264 e. The molecule has 28 heavy (non-hydrogen) atoms. The van der Waals surface area contributed by atoms with Crippen LogP contribution in [-0.4, -0.2) is 19.3 Å². The highest BCUT2D eigenvalue weighted by Gasteiger charge is 2.23. The lowest BCUT2D eigenvalue weighted by Crippen LogP contribution is -2.27. The third kappa shape index (κ3) is 3.05. The number of hydrogen-bond acceptors (Lipinski definition) is 5. The van der Waals surface area contributed by atoms with E-state index in [4.69, 9.17) is 4.98 Å². The smallest absolute Gasteiger partial charge is 0.264 e. The molecule has 0 saturated carbocycles. The molecular weight excluding hydrogens is 370 g/mol. The molecule has 0 fully saturated rings. The predicted molar refractivity (Wildman–Crippen MR) is 116 cm³/mol. The summed E-state index contributed by atoms with van der Waals surface area (Å²) in [5, 5.41) is 8.90. The molecule has 0 aliphatic heterocycles. The fourth-order valence-corrected chi connectivity index (χ4v) is 5.54. The molecule has 0 amide bonds. The predicted octanol–water partition coefficient (Wildman–Crippen LogP) is 4.36. The Morgan fingerprint density at radius 3 is 2.64 bits per heavy atom. The Morgan fingerprint density at radius 1 is 1.21 bits per heavy atom. The lowest BCUT2D eigenvalue weighted by molar-refractivity contribution is 0.579. The van der Waals surface area contributed by atoms with Crippen LogP contribution in [-0.2, 0) is 25.9 Å². The van der Waals surface area contributed by atoms with E-state index in [0.717, 1.165) is 35.3 Å². The normalized spacial score (nSPS) is 14.1. The molecule has 4 rings (SSSR count). The minimum atomic E-state index is 0.0478. The number of aryl methyl sites for hydroxylation is 4. The molecule has 3 heterocycles. The van der Waals surface area contributed by atoms with Crippen LogP contribution in [0.5, 0.6) is 0 Å². The van der Waals surface area contributed by atoms with Gasteiger partial charge in [-0.2, -0.15) is 5.10 Å². The van der Waals surface area contributed by atoms with Crippen LogP contribution in [0.3, 0.4) is 0 Å². The minimum absolute atomic E-state index is 0.0478. The summed E-state index contributed by atoms with van der Waals surface area (Å²) in [6.45, 7) is 11.8. The van der Waals surface area contributed by atoms with Gasteiger partial charge in [-0.15, -0.1) is 11.3 Å². The van der Waals surface area contributed by atoms with Crippen molar-refractivity contribution >= 4 is 27.5 Å². The van der Waals surface area contributed by atoms with E-state index in [1.54, 1.807) is 11.3 Å². The van der Waals surface area contributed by atoms with Crippen LogP contribution >= 0.6 is 11.3 Å². The molecule has 1 N–H and O–H groups in total. The van der Waals surface area contributed by atoms with E-state index in [0.29, 0.717) is 12.5 Å². The standard InChI is InChI=1S/C21H29N5OS/c1-6-25-14(5)16(13(4)24-25)11-22-21-23-19-18(20(27)26(21)12(2)3)15-9-7-8-10-17(15)28-19/h12H,6-11H2,1-5H3,(H,22,23). The van der Waals surface area contributed by atoms with Crippen LogP contribution in [0.2, 0.25) is 0 Å². The third-order valence-electron chi connectivity index (χ3n) is 5.79. The number of nitrogens with one attached hydrogen (secondary N) is 1. The zero-order valence-corrected chi connectivity index (χ0v) is 18.2. The van der Waals surface area contributed by atoms with Gasteiger partial charge in [-0.25, -0.2) is 4.98 Å². The number of anilines is 1.